The smallest absolute Gasteiger partial charge is 0.124 e. The second-order valence-corrected chi connectivity index (χ2v) is 3.73. The summed E-state index contributed by atoms with van der Waals surface area (Å²) in [6.07, 6.45) is 4.60. The fourth-order valence-electron chi connectivity index (χ4n) is 3.04. The van der Waals surface area contributed by atoms with E-state index >= 15 is 0 Å². The minimum atomic E-state index is 0.743. The first-order chi connectivity index (χ1) is 4.92. The van der Waals surface area contributed by atoms with E-state index < -0.39 is 0 Å². The standard InChI is InChI=1S/C9H10O/c10-2-1-6-5-3-7-8(4-5)9(6)7/h2,5,7-8H,1,3-4H2. The van der Waals surface area contributed by atoms with Gasteiger partial charge in [-0.15, -0.1) is 0 Å². The van der Waals surface area contributed by atoms with Crippen LogP contribution in [0.5, 0.6) is 0 Å². The Kier molecular flexibility index (Phi) is 0.697. The van der Waals surface area contributed by atoms with Crippen molar-refractivity contribution >= 4 is 6.29 Å². The predicted molar refractivity (Wildman–Crippen MR) is 37.4 cm³/mol. The van der Waals surface area contributed by atoms with Gasteiger partial charge in [0.1, 0.15) is 6.29 Å². The molecule has 2 atom stereocenters. The highest BCUT2D eigenvalue weighted by molar-refractivity contribution is 5.60. The number of hydrogen-bond acceptors (Lipinski definition) is 1. The molecule has 0 aromatic rings. The molecule has 0 aromatic carbocycles. The summed E-state index contributed by atoms with van der Waals surface area (Å²) in [6, 6.07) is 0. The van der Waals surface area contributed by atoms with Crippen molar-refractivity contribution in [3.8, 4) is 0 Å². The van der Waals surface area contributed by atoms with Gasteiger partial charge in [0.25, 0.3) is 0 Å². The largest absolute Gasteiger partial charge is 0.303 e. The number of rotatable bonds is 2. The number of aldehydes is 1. The Morgan fingerprint density at radius 1 is 1.40 bits per heavy atom. The van der Waals surface area contributed by atoms with Crippen LogP contribution in [0.2, 0.25) is 0 Å². The molecule has 2 saturated carbocycles. The Morgan fingerprint density at radius 3 is 2.50 bits per heavy atom. The minimum Gasteiger partial charge on any atom is -0.303 e. The van der Waals surface area contributed by atoms with Crippen LogP contribution in [-0.4, -0.2) is 6.29 Å². The van der Waals surface area contributed by atoms with Crippen molar-refractivity contribution in [3.05, 3.63) is 11.1 Å². The van der Waals surface area contributed by atoms with Gasteiger partial charge >= 0.3 is 0 Å². The van der Waals surface area contributed by atoms with Crippen LogP contribution >= 0.6 is 0 Å². The van der Waals surface area contributed by atoms with E-state index in [2.05, 4.69) is 0 Å². The maximum absolute atomic E-state index is 10.3. The topological polar surface area (TPSA) is 17.1 Å². The van der Waals surface area contributed by atoms with Gasteiger partial charge in [-0.05, 0) is 30.6 Å². The third-order valence-corrected chi connectivity index (χ3v) is 3.42. The second kappa shape index (κ2) is 1.36. The molecule has 0 spiro atoms. The van der Waals surface area contributed by atoms with Crippen molar-refractivity contribution in [2.45, 2.75) is 19.3 Å². The molecule has 0 aliphatic heterocycles. The van der Waals surface area contributed by atoms with E-state index in [4.69, 9.17) is 0 Å². The van der Waals surface area contributed by atoms with Crippen LogP contribution in [0, 0.1) is 17.8 Å². The molecule has 10 heavy (non-hydrogen) atoms. The van der Waals surface area contributed by atoms with Crippen LogP contribution in [0.3, 0.4) is 0 Å². The molecular weight excluding hydrogens is 124 g/mol. The molecule has 2 unspecified atom stereocenters. The molecule has 0 saturated heterocycles. The van der Waals surface area contributed by atoms with Gasteiger partial charge < -0.3 is 4.79 Å². The Hall–Kier alpha value is -0.590. The van der Waals surface area contributed by atoms with Crippen LogP contribution in [0.1, 0.15) is 19.3 Å². The molecule has 2 fully saturated rings. The SMILES string of the molecule is O=CCC1=C2C3CC1CC23. The van der Waals surface area contributed by atoms with Crippen molar-refractivity contribution in [2.75, 3.05) is 0 Å². The zero-order chi connectivity index (χ0) is 6.72. The van der Waals surface area contributed by atoms with Crippen molar-refractivity contribution in [1.29, 1.82) is 0 Å². The lowest BCUT2D eigenvalue weighted by Gasteiger charge is -2.02. The van der Waals surface area contributed by atoms with Gasteiger partial charge in [0.15, 0.2) is 0 Å². The second-order valence-electron chi connectivity index (χ2n) is 3.73. The molecule has 0 N–H and O–H groups in total. The predicted octanol–water partition coefficient (Wildman–Crippen LogP) is 1.54. The van der Waals surface area contributed by atoms with E-state index in [1.807, 2.05) is 0 Å². The molecule has 4 rings (SSSR count). The first-order valence-corrected chi connectivity index (χ1v) is 4.08. The molecule has 4 bridgehead atoms. The van der Waals surface area contributed by atoms with Crippen LogP contribution in [0.4, 0.5) is 0 Å². The lowest BCUT2D eigenvalue weighted by molar-refractivity contribution is -0.107. The monoisotopic (exact) mass is 134 g/mol. The summed E-state index contributed by atoms with van der Waals surface area (Å²) in [7, 11) is 0. The zero-order valence-corrected chi connectivity index (χ0v) is 5.84. The van der Waals surface area contributed by atoms with Gasteiger partial charge in [0.2, 0.25) is 0 Å². The average molecular weight is 134 g/mol. The number of carbonyl (C=O) groups excluding carboxylic acids is 1. The highest BCUT2D eigenvalue weighted by Gasteiger charge is 2.59. The zero-order valence-electron chi connectivity index (χ0n) is 5.84. The first-order valence-electron chi connectivity index (χ1n) is 4.08. The molecule has 0 amide bonds. The third kappa shape index (κ3) is 0.377. The van der Waals surface area contributed by atoms with Crippen LogP contribution in [-0.2, 0) is 4.79 Å². The highest BCUT2D eigenvalue weighted by atomic mass is 16.1. The molecule has 1 nitrogen and oxygen atoms in total. The third-order valence-electron chi connectivity index (χ3n) is 3.42. The summed E-state index contributed by atoms with van der Waals surface area (Å²) in [6.45, 7) is 0. The van der Waals surface area contributed by atoms with Crippen LogP contribution in [0.15, 0.2) is 11.1 Å². The average Bonchev–Trinajstić information content (AvgIpc) is 2.38. The van der Waals surface area contributed by atoms with Gasteiger partial charge in [-0.3, -0.25) is 0 Å². The molecule has 4 aliphatic rings. The normalized spacial score (nSPS) is 46.6. The Morgan fingerprint density at radius 2 is 2.10 bits per heavy atom. The Balaban J connectivity index is 1.99. The molecule has 0 radical (unpaired) electrons. The molecule has 0 aromatic heterocycles. The van der Waals surface area contributed by atoms with Crippen LogP contribution in [0.25, 0.3) is 0 Å². The van der Waals surface area contributed by atoms with Crippen molar-refractivity contribution in [2.24, 2.45) is 17.8 Å². The minimum absolute atomic E-state index is 0.743. The maximum Gasteiger partial charge on any atom is 0.124 e. The molecule has 52 valence electrons. The quantitative estimate of drug-likeness (QED) is 0.413. The van der Waals surface area contributed by atoms with E-state index in [0.29, 0.717) is 0 Å². The van der Waals surface area contributed by atoms with E-state index in [-0.39, 0.29) is 0 Å². The molecule has 1 heteroatoms. The van der Waals surface area contributed by atoms with Crippen molar-refractivity contribution < 1.29 is 4.79 Å². The summed E-state index contributed by atoms with van der Waals surface area (Å²) >= 11 is 0. The Labute approximate surface area is 60.1 Å². The summed E-state index contributed by atoms with van der Waals surface area (Å²) in [5, 5.41) is 0. The summed E-state index contributed by atoms with van der Waals surface area (Å²) in [5.74, 6) is 2.76. The van der Waals surface area contributed by atoms with Crippen LogP contribution < -0.4 is 0 Å². The lowest BCUT2D eigenvalue weighted by Crippen LogP contribution is -1.93. The van der Waals surface area contributed by atoms with E-state index in [9.17, 15) is 4.79 Å². The fourth-order valence-corrected chi connectivity index (χ4v) is 3.04. The van der Waals surface area contributed by atoms with Gasteiger partial charge in [-0.25, -0.2) is 0 Å². The Bertz CT molecular complexity index is 225. The summed E-state index contributed by atoms with van der Waals surface area (Å²) < 4.78 is 0. The first kappa shape index (κ1) is 5.11. The number of carbonyl (C=O) groups is 1. The molecule has 0 heterocycles. The summed E-state index contributed by atoms with van der Waals surface area (Å²) in [5.41, 5.74) is 3.22. The van der Waals surface area contributed by atoms with Gasteiger partial charge in [0.05, 0.1) is 0 Å². The van der Waals surface area contributed by atoms with Gasteiger partial charge in [0, 0.05) is 6.42 Å². The van der Waals surface area contributed by atoms with E-state index in [1.54, 1.807) is 5.57 Å². The van der Waals surface area contributed by atoms with Crippen molar-refractivity contribution in [3.63, 3.8) is 0 Å². The number of allylic oxidation sites excluding steroid dienone is 2. The van der Waals surface area contributed by atoms with Gasteiger partial charge in [-0.1, -0.05) is 11.1 Å². The summed E-state index contributed by atoms with van der Waals surface area (Å²) in [4.78, 5) is 10.3. The maximum atomic E-state index is 10.3. The van der Waals surface area contributed by atoms with Crippen molar-refractivity contribution in [1.82, 2.24) is 0 Å². The molecule has 4 aliphatic carbocycles. The fraction of sp³-hybridized carbons (Fsp3) is 0.667. The molecular formula is C9H10O. The lowest BCUT2D eigenvalue weighted by atomic mass is 10.0. The highest BCUT2D eigenvalue weighted by Crippen LogP contribution is 2.69. The number of hydrogen-bond donors (Lipinski definition) is 0. The van der Waals surface area contributed by atoms with E-state index in [0.717, 1.165) is 30.5 Å². The van der Waals surface area contributed by atoms with E-state index in [1.165, 1.54) is 18.4 Å². The van der Waals surface area contributed by atoms with Gasteiger partial charge in [-0.2, -0.15) is 0 Å².